The van der Waals surface area contributed by atoms with E-state index in [2.05, 4.69) is 31.0 Å². The summed E-state index contributed by atoms with van der Waals surface area (Å²) >= 11 is 0. The fourth-order valence-corrected chi connectivity index (χ4v) is 3.31. The Balaban J connectivity index is 2.14. The number of ether oxygens (including phenoxy) is 1. The maximum atomic E-state index is 12.1. The predicted molar refractivity (Wildman–Crippen MR) is 98.4 cm³/mol. The first-order valence-electron chi connectivity index (χ1n) is 8.77. The maximum absolute atomic E-state index is 12.1. The summed E-state index contributed by atoms with van der Waals surface area (Å²) in [5.41, 5.74) is 5.79. The second-order valence-corrected chi connectivity index (χ2v) is 7.06. The molecule has 1 saturated carbocycles. The molecule has 1 aromatic carbocycles. The quantitative estimate of drug-likeness (QED) is 0.859. The summed E-state index contributed by atoms with van der Waals surface area (Å²) in [4.78, 5) is 16.3. The van der Waals surface area contributed by atoms with E-state index in [9.17, 15) is 9.90 Å². The van der Waals surface area contributed by atoms with Gasteiger partial charge in [0.25, 0.3) is 0 Å². The van der Waals surface area contributed by atoms with Crippen LogP contribution >= 0.6 is 0 Å². The molecule has 134 valence electrons. The van der Waals surface area contributed by atoms with E-state index >= 15 is 0 Å². The smallest absolute Gasteiger partial charge is 0.414 e. The molecule has 2 aromatic rings. The minimum atomic E-state index is -0.464. The molecular formula is C20H26N2O3. The molecule has 0 radical (unpaired) electrons. The van der Waals surface area contributed by atoms with Crippen molar-refractivity contribution in [1.82, 2.24) is 9.88 Å². The molecule has 2 N–H and O–H groups in total. The molecule has 1 fully saturated rings. The number of carbonyl (C=O) groups excluding carboxylic acids is 1. The van der Waals surface area contributed by atoms with Crippen LogP contribution in [0.2, 0.25) is 0 Å². The van der Waals surface area contributed by atoms with Gasteiger partial charge in [0, 0.05) is 14.1 Å². The zero-order chi connectivity index (χ0) is 18.3. The van der Waals surface area contributed by atoms with Crippen molar-refractivity contribution < 1.29 is 14.6 Å². The van der Waals surface area contributed by atoms with Crippen molar-refractivity contribution >= 4 is 6.09 Å². The van der Waals surface area contributed by atoms with E-state index in [0.29, 0.717) is 22.9 Å². The van der Waals surface area contributed by atoms with Crippen molar-refractivity contribution in [2.75, 3.05) is 14.1 Å². The van der Waals surface area contributed by atoms with Crippen LogP contribution in [-0.2, 0) is 6.42 Å². The first-order chi connectivity index (χ1) is 11.8. The van der Waals surface area contributed by atoms with Crippen LogP contribution < -0.4 is 4.74 Å². The largest absolute Gasteiger partial charge is 0.494 e. The fraction of sp³-hybridized carbons (Fsp3) is 0.450. The number of carbonyl (C=O) groups is 1. The molecule has 25 heavy (non-hydrogen) atoms. The third kappa shape index (κ3) is 3.23. The zero-order valence-electron chi connectivity index (χ0n) is 15.6. The molecule has 0 aliphatic heterocycles. The Labute approximate surface area is 148 Å². The summed E-state index contributed by atoms with van der Waals surface area (Å²) in [5.74, 6) is 1.11. The minimum Gasteiger partial charge on any atom is -0.494 e. The summed E-state index contributed by atoms with van der Waals surface area (Å²) in [5, 5.41) is 10.5. The number of hydrogen-bond donors (Lipinski definition) is 2. The number of nitrogens with zero attached hydrogens (tertiary/aromatic N) is 1. The van der Waals surface area contributed by atoms with Crippen LogP contribution in [0.1, 0.15) is 48.1 Å². The molecule has 1 aliphatic rings. The fourth-order valence-electron chi connectivity index (χ4n) is 3.31. The number of amides is 1. The molecule has 0 bridgehead atoms. The highest BCUT2D eigenvalue weighted by Gasteiger charge is 2.28. The monoisotopic (exact) mass is 342 g/mol. The number of aromatic amines is 1. The van der Waals surface area contributed by atoms with Gasteiger partial charge in [-0.2, -0.15) is 0 Å². The number of H-pyrrole nitrogens is 1. The lowest BCUT2D eigenvalue weighted by Gasteiger charge is -2.17. The number of benzene rings is 1. The average Bonchev–Trinajstić information content (AvgIpc) is 3.35. The van der Waals surface area contributed by atoms with Gasteiger partial charge in [0.2, 0.25) is 5.88 Å². The van der Waals surface area contributed by atoms with Crippen molar-refractivity contribution in [2.45, 2.75) is 46.0 Å². The van der Waals surface area contributed by atoms with Crippen molar-refractivity contribution in [3.8, 4) is 22.8 Å². The number of aromatic nitrogens is 1. The Morgan fingerprint density at radius 2 is 1.96 bits per heavy atom. The number of hydrogen-bond acceptors (Lipinski definition) is 3. The van der Waals surface area contributed by atoms with E-state index in [1.54, 1.807) is 21.0 Å². The average molecular weight is 342 g/mol. The van der Waals surface area contributed by atoms with Crippen molar-refractivity contribution in [3.05, 3.63) is 34.5 Å². The van der Waals surface area contributed by atoms with Crippen LogP contribution in [0.3, 0.4) is 0 Å². The standard InChI is InChI=1S/C20H26N2O3/c1-6-13-10-15(14-7-8-14)9-11(2)16(13)17-18(12(3)21-19(17)23)25-20(24)22(4)5/h9-10,14,21,23H,6-8H2,1-5H3. The Morgan fingerprint density at radius 3 is 2.52 bits per heavy atom. The van der Waals surface area contributed by atoms with Crippen molar-refractivity contribution in [3.63, 3.8) is 0 Å². The van der Waals surface area contributed by atoms with Gasteiger partial charge in [-0.05, 0) is 61.3 Å². The summed E-state index contributed by atoms with van der Waals surface area (Å²) in [6.45, 7) is 5.96. The van der Waals surface area contributed by atoms with Crippen LogP contribution in [0.25, 0.3) is 11.1 Å². The molecule has 1 amide bonds. The van der Waals surface area contributed by atoms with E-state index in [4.69, 9.17) is 4.74 Å². The van der Waals surface area contributed by atoms with Crippen LogP contribution in [0, 0.1) is 13.8 Å². The Morgan fingerprint density at radius 1 is 1.28 bits per heavy atom. The molecule has 5 nitrogen and oxygen atoms in total. The van der Waals surface area contributed by atoms with E-state index in [-0.39, 0.29) is 5.88 Å². The topological polar surface area (TPSA) is 65.6 Å². The van der Waals surface area contributed by atoms with Gasteiger partial charge in [-0.1, -0.05) is 19.1 Å². The van der Waals surface area contributed by atoms with Gasteiger partial charge in [0.15, 0.2) is 5.75 Å². The van der Waals surface area contributed by atoms with Gasteiger partial charge in [0.05, 0.1) is 11.3 Å². The lowest BCUT2D eigenvalue weighted by Crippen LogP contribution is -2.25. The molecule has 3 rings (SSSR count). The minimum absolute atomic E-state index is 0.0380. The van der Waals surface area contributed by atoms with Gasteiger partial charge in [0.1, 0.15) is 0 Å². The molecule has 5 heteroatoms. The summed E-state index contributed by atoms with van der Waals surface area (Å²) < 4.78 is 5.55. The van der Waals surface area contributed by atoms with Crippen LogP contribution in [0.4, 0.5) is 4.79 Å². The third-order valence-electron chi connectivity index (χ3n) is 4.78. The van der Waals surface area contributed by atoms with Gasteiger partial charge in [-0.25, -0.2) is 4.79 Å². The lowest BCUT2D eigenvalue weighted by atomic mass is 9.91. The molecule has 0 atom stereocenters. The van der Waals surface area contributed by atoms with Crippen LogP contribution in [0.15, 0.2) is 12.1 Å². The maximum Gasteiger partial charge on any atom is 0.414 e. The first-order valence-corrected chi connectivity index (χ1v) is 8.77. The van der Waals surface area contributed by atoms with Crippen molar-refractivity contribution in [1.29, 1.82) is 0 Å². The SMILES string of the molecule is CCc1cc(C2CC2)cc(C)c1-c1c(O)[nH]c(C)c1OC(=O)N(C)C. The molecular weight excluding hydrogens is 316 g/mol. The molecule has 1 heterocycles. The van der Waals surface area contributed by atoms with Crippen LogP contribution in [-0.4, -0.2) is 35.2 Å². The van der Waals surface area contributed by atoms with Gasteiger partial charge < -0.3 is 19.7 Å². The van der Waals surface area contributed by atoms with E-state index < -0.39 is 6.09 Å². The highest BCUT2D eigenvalue weighted by atomic mass is 16.6. The second-order valence-electron chi connectivity index (χ2n) is 7.06. The van der Waals surface area contributed by atoms with Gasteiger partial charge in [-0.15, -0.1) is 0 Å². The molecule has 0 saturated heterocycles. The number of aryl methyl sites for hydroxylation is 3. The number of aromatic hydroxyl groups is 1. The Bertz CT molecular complexity index is 817. The highest BCUT2D eigenvalue weighted by molar-refractivity contribution is 5.85. The van der Waals surface area contributed by atoms with Gasteiger partial charge >= 0.3 is 6.09 Å². The Hall–Kier alpha value is -2.43. The molecule has 0 unspecified atom stereocenters. The second kappa shape index (κ2) is 6.47. The third-order valence-corrected chi connectivity index (χ3v) is 4.78. The molecule has 1 aromatic heterocycles. The lowest BCUT2D eigenvalue weighted by molar-refractivity contribution is 0.172. The van der Waals surface area contributed by atoms with Gasteiger partial charge in [-0.3, -0.25) is 0 Å². The van der Waals surface area contributed by atoms with E-state index in [1.807, 2.05) is 0 Å². The normalized spacial score (nSPS) is 13.8. The number of rotatable bonds is 4. The van der Waals surface area contributed by atoms with E-state index in [1.165, 1.54) is 28.9 Å². The molecule has 0 spiro atoms. The summed E-state index contributed by atoms with van der Waals surface area (Å²) in [6, 6.07) is 4.44. The zero-order valence-corrected chi connectivity index (χ0v) is 15.6. The van der Waals surface area contributed by atoms with Crippen LogP contribution in [0.5, 0.6) is 11.6 Å². The number of nitrogens with one attached hydrogen (secondary N) is 1. The summed E-state index contributed by atoms with van der Waals surface area (Å²) in [6.07, 6.45) is 2.89. The Kier molecular flexibility index (Phi) is 4.50. The summed E-state index contributed by atoms with van der Waals surface area (Å²) in [7, 11) is 3.27. The predicted octanol–water partition coefficient (Wildman–Crippen LogP) is 4.50. The van der Waals surface area contributed by atoms with E-state index in [0.717, 1.165) is 17.5 Å². The first kappa shape index (κ1) is 17.4. The highest BCUT2D eigenvalue weighted by Crippen LogP contribution is 2.47. The van der Waals surface area contributed by atoms with Crippen molar-refractivity contribution in [2.24, 2.45) is 0 Å². The molecule has 1 aliphatic carbocycles.